The molecule has 5 nitrogen and oxygen atoms in total. The third-order valence-electron chi connectivity index (χ3n) is 5.99. The predicted molar refractivity (Wildman–Crippen MR) is 130 cm³/mol. The first-order valence-corrected chi connectivity index (χ1v) is 11.9. The number of aromatic nitrogens is 1. The summed E-state index contributed by atoms with van der Waals surface area (Å²) in [6.45, 7) is 2.04. The smallest absolute Gasteiger partial charge is 0.345 e. The lowest BCUT2D eigenvalue weighted by Gasteiger charge is -2.25. The van der Waals surface area contributed by atoms with Gasteiger partial charge in [-0.3, -0.25) is 0 Å². The third-order valence-corrected chi connectivity index (χ3v) is 6.83. The zero-order valence-corrected chi connectivity index (χ0v) is 18.8. The second-order valence-electron chi connectivity index (χ2n) is 8.31. The summed E-state index contributed by atoms with van der Waals surface area (Å²) in [5, 5.41) is 11.8. The van der Waals surface area contributed by atoms with E-state index in [-0.39, 0.29) is 5.63 Å². The Labute approximate surface area is 190 Å². The van der Waals surface area contributed by atoms with E-state index in [9.17, 15) is 4.79 Å². The molecule has 0 bridgehead atoms. The number of hydrogen-bond acceptors (Lipinski definition) is 5. The van der Waals surface area contributed by atoms with Gasteiger partial charge in [-0.2, -0.15) is 5.10 Å². The maximum Gasteiger partial charge on any atom is 0.345 e. The number of fused-ring (bicyclic) bond motifs is 1. The Morgan fingerprint density at radius 3 is 2.69 bits per heavy atom. The maximum absolute atomic E-state index is 12.9. The zero-order valence-electron chi connectivity index (χ0n) is 18.0. The molecule has 0 radical (unpaired) electrons. The Kier molecular flexibility index (Phi) is 5.86. The Hall–Kier alpha value is -3.25. The number of aryl methyl sites for hydroxylation is 1. The normalized spacial score (nSPS) is 15.7. The molecule has 6 heteroatoms. The van der Waals surface area contributed by atoms with Crippen molar-refractivity contribution < 1.29 is 4.42 Å². The highest BCUT2D eigenvalue weighted by molar-refractivity contribution is 7.07. The van der Waals surface area contributed by atoms with Crippen molar-refractivity contribution in [1.82, 2.24) is 4.57 Å². The fourth-order valence-corrected chi connectivity index (χ4v) is 5.30. The van der Waals surface area contributed by atoms with Crippen LogP contribution in [0.25, 0.3) is 22.2 Å². The molecule has 1 aliphatic rings. The molecule has 0 spiro atoms. The molecule has 0 amide bonds. The summed E-state index contributed by atoms with van der Waals surface area (Å²) in [7, 11) is 0. The maximum atomic E-state index is 12.9. The van der Waals surface area contributed by atoms with Gasteiger partial charge in [-0.1, -0.05) is 61.2 Å². The van der Waals surface area contributed by atoms with Gasteiger partial charge in [0.1, 0.15) is 5.58 Å². The van der Waals surface area contributed by atoms with Crippen LogP contribution in [0.15, 0.2) is 79.4 Å². The van der Waals surface area contributed by atoms with Crippen molar-refractivity contribution in [3.8, 4) is 11.3 Å². The first-order valence-electron chi connectivity index (χ1n) is 11.1. The molecule has 1 saturated carbocycles. The van der Waals surface area contributed by atoms with Crippen molar-refractivity contribution in [3.05, 3.63) is 86.3 Å². The van der Waals surface area contributed by atoms with Crippen LogP contribution >= 0.6 is 11.3 Å². The molecule has 0 atom stereocenters. The monoisotopic (exact) mass is 443 g/mol. The predicted octanol–water partition coefficient (Wildman–Crippen LogP) is 6.07. The molecule has 2 aromatic carbocycles. The van der Waals surface area contributed by atoms with E-state index in [0.717, 1.165) is 39.9 Å². The number of thiazole rings is 1. The summed E-state index contributed by atoms with van der Waals surface area (Å²) in [6.07, 6.45) is 7.55. The van der Waals surface area contributed by atoms with Crippen LogP contribution < -0.4 is 10.4 Å². The second kappa shape index (κ2) is 9.09. The fraction of sp³-hybridized carbons (Fsp3) is 0.269. The van der Waals surface area contributed by atoms with Crippen LogP contribution in [0, 0.1) is 6.92 Å². The molecule has 5 rings (SSSR count). The van der Waals surface area contributed by atoms with Crippen molar-refractivity contribution in [2.45, 2.75) is 45.1 Å². The van der Waals surface area contributed by atoms with Gasteiger partial charge in [-0.05, 0) is 43.5 Å². The number of benzene rings is 2. The van der Waals surface area contributed by atoms with Gasteiger partial charge in [0, 0.05) is 16.8 Å². The average Bonchev–Trinajstić information content (AvgIpc) is 3.24. The molecule has 162 valence electrons. The van der Waals surface area contributed by atoms with Crippen LogP contribution in [0.5, 0.6) is 0 Å². The second-order valence-corrected chi connectivity index (χ2v) is 9.15. The van der Waals surface area contributed by atoms with E-state index in [1.807, 2.05) is 60.8 Å². The first kappa shape index (κ1) is 20.6. The molecular weight excluding hydrogens is 418 g/mol. The van der Waals surface area contributed by atoms with E-state index in [0.29, 0.717) is 17.2 Å². The number of hydrogen-bond donors (Lipinski definition) is 0. The molecule has 2 aromatic heterocycles. The summed E-state index contributed by atoms with van der Waals surface area (Å²) >= 11 is 1.52. The minimum Gasteiger partial charge on any atom is -0.422 e. The highest BCUT2D eigenvalue weighted by Gasteiger charge is 2.22. The molecule has 0 unspecified atom stereocenters. The van der Waals surface area contributed by atoms with Gasteiger partial charge in [-0.25, -0.2) is 4.79 Å². The van der Waals surface area contributed by atoms with Gasteiger partial charge in [0.05, 0.1) is 17.5 Å². The van der Waals surface area contributed by atoms with Crippen LogP contribution in [-0.4, -0.2) is 10.8 Å². The van der Waals surface area contributed by atoms with Crippen molar-refractivity contribution in [3.63, 3.8) is 0 Å². The summed E-state index contributed by atoms with van der Waals surface area (Å²) in [5.41, 5.74) is 3.88. The minimum absolute atomic E-state index is 0.309. The van der Waals surface area contributed by atoms with Crippen LogP contribution in [0.4, 0.5) is 0 Å². The Morgan fingerprint density at radius 2 is 1.88 bits per heavy atom. The average molecular weight is 444 g/mol. The van der Waals surface area contributed by atoms with Gasteiger partial charge >= 0.3 is 5.63 Å². The molecule has 32 heavy (non-hydrogen) atoms. The van der Waals surface area contributed by atoms with Crippen LogP contribution in [-0.2, 0) is 0 Å². The SMILES string of the molecule is Cc1ccc2oc(=O)c(-c3cs/c(=N/N=Cc4ccccc4)n3C3CCCCC3)cc2c1. The summed E-state index contributed by atoms with van der Waals surface area (Å²) in [6, 6.07) is 18.1. The Morgan fingerprint density at radius 1 is 1.06 bits per heavy atom. The molecule has 2 heterocycles. The van der Waals surface area contributed by atoms with Crippen LogP contribution in [0.1, 0.15) is 49.3 Å². The summed E-state index contributed by atoms with van der Waals surface area (Å²) in [4.78, 5) is 13.7. The highest BCUT2D eigenvalue weighted by atomic mass is 32.1. The molecule has 0 N–H and O–H groups in total. The van der Waals surface area contributed by atoms with E-state index in [1.165, 1.54) is 30.6 Å². The van der Waals surface area contributed by atoms with Gasteiger partial charge in [0.25, 0.3) is 0 Å². The lowest BCUT2D eigenvalue weighted by atomic mass is 9.95. The fourth-order valence-electron chi connectivity index (χ4n) is 4.39. The van der Waals surface area contributed by atoms with E-state index in [1.54, 1.807) is 6.21 Å². The lowest BCUT2D eigenvalue weighted by molar-refractivity contribution is 0.350. The quantitative estimate of drug-likeness (QED) is 0.218. The van der Waals surface area contributed by atoms with Crippen molar-refractivity contribution in [2.75, 3.05) is 0 Å². The van der Waals surface area contributed by atoms with Crippen molar-refractivity contribution in [2.24, 2.45) is 10.2 Å². The summed E-state index contributed by atoms with van der Waals surface area (Å²) < 4.78 is 7.88. The van der Waals surface area contributed by atoms with Crippen molar-refractivity contribution >= 4 is 28.5 Å². The zero-order chi connectivity index (χ0) is 21.9. The van der Waals surface area contributed by atoms with Gasteiger partial charge in [0.2, 0.25) is 4.80 Å². The first-order chi connectivity index (χ1) is 15.7. The highest BCUT2D eigenvalue weighted by Crippen LogP contribution is 2.32. The standard InChI is InChI=1S/C26H25N3O2S/c1-18-12-13-24-20(14-18)15-22(25(30)31-24)23-17-32-26(29(23)21-10-6-3-7-11-21)28-27-16-19-8-4-2-5-9-19/h2,4-5,8-9,12-17,21H,3,6-7,10-11H2,1H3/b27-16?,28-26+. The van der Waals surface area contributed by atoms with E-state index in [4.69, 9.17) is 4.42 Å². The van der Waals surface area contributed by atoms with E-state index in [2.05, 4.69) is 20.8 Å². The minimum atomic E-state index is -0.317. The van der Waals surface area contributed by atoms with Crippen molar-refractivity contribution in [1.29, 1.82) is 0 Å². The molecule has 0 aliphatic heterocycles. The molecule has 4 aromatic rings. The third kappa shape index (κ3) is 4.23. The number of rotatable bonds is 4. The number of nitrogens with zero attached hydrogens (tertiary/aromatic N) is 3. The molecular formula is C26H25N3O2S. The molecule has 1 aliphatic carbocycles. The van der Waals surface area contributed by atoms with Gasteiger partial charge in [-0.15, -0.1) is 16.4 Å². The van der Waals surface area contributed by atoms with Crippen LogP contribution in [0.2, 0.25) is 0 Å². The van der Waals surface area contributed by atoms with Gasteiger partial charge < -0.3 is 8.98 Å². The Bertz CT molecular complexity index is 1390. The topological polar surface area (TPSA) is 59.9 Å². The van der Waals surface area contributed by atoms with E-state index < -0.39 is 0 Å². The molecule has 0 saturated heterocycles. The van der Waals surface area contributed by atoms with E-state index >= 15 is 0 Å². The largest absolute Gasteiger partial charge is 0.422 e. The van der Waals surface area contributed by atoms with Crippen LogP contribution in [0.3, 0.4) is 0 Å². The van der Waals surface area contributed by atoms with Gasteiger partial charge in [0.15, 0.2) is 0 Å². The summed E-state index contributed by atoms with van der Waals surface area (Å²) in [5.74, 6) is 0. The molecule has 1 fully saturated rings. The lowest BCUT2D eigenvalue weighted by Crippen LogP contribution is -2.24. The Balaban J connectivity index is 1.63.